The van der Waals surface area contributed by atoms with Gasteiger partial charge < -0.3 is 15.8 Å². The van der Waals surface area contributed by atoms with Crippen LogP contribution in [0.2, 0.25) is 0 Å². The minimum absolute atomic E-state index is 0.255. The lowest BCUT2D eigenvalue weighted by Crippen LogP contribution is -2.09. The van der Waals surface area contributed by atoms with E-state index in [0.717, 1.165) is 16.9 Å². The van der Waals surface area contributed by atoms with Crippen LogP contribution >= 0.6 is 0 Å². The summed E-state index contributed by atoms with van der Waals surface area (Å²) in [6.07, 6.45) is 3.18. The number of pyridine rings is 1. The molecular weight excluding hydrogens is 254 g/mol. The first-order valence-corrected chi connectivity index (χ1v) is 6.45. The molecule has 6 heteroatoms. The average molecular weight is 273 g/mol. The lowest BCUT2D eigenvalue weighted by molar-refractivity contribution is 0.397. The molecule has 0 saturated heterocycles. The van der Waals surface area contributed by atoms with E-state index in [4.69, 9.17) is 10.5 Å². The quantitative estimate of drug-likeness (QED) is 0.868. The molecule has 0 radical (unpaired) electrons. The standard InChI is InChI=1S/C14H19N5O/c1-9(2)12-13(15)18-8-19-14(12)17-7-10-4-5-16-11(6-10)20-3/h4-6,8-9H,7H2,1-3H3,(H3,15,17,18,19). The Morgan fingerprint density at radius 2 is 2.10 bits per heavy atom. The zero-order valence-electron chi connectivity index (χ0n) is 11.9. The van der Waals surface area contributed by atoms with Gasteiger partial charge >= 0.3 is 0 Å². The molecule has 0 saturated carbocycles. The summed E-state index contributed by atoms with van der Waals surface area (Å²) in [5.41, 5.74) is 7.91. The summed E-state index contributed by atoms with van der Waals surface area (Å²) in [5.74, 6) is 2.13. The highest BCUT2D eigenvalue weighted by molar-refractivity contribution is 5.56. The smallest absolute Gasteiger partial charge is 0.213 e. The van der Waals surface area contributed by atoms with Crippen LogP contribution in [0.15, 0.2) is 24.7 Å². The Bertz CT molecular complexity index is 586. The van der Waals surface area contributed by atoms with Gasteiger partial charge in [-0.1, -0.05) is 13.8 Å². The van der Waals surface area contributed by atoms with E-state index >= 15 is 0 Å². The number of rotatable bonds is 5. The lowest BCUT2D eigenvalue weighted by Gasteiger charge is -2.15. The SMILES string of the molecule is COc1cc(CNc2ncnc(N)c2C(C)C)ccn1. The number of hydrogen-bond donors (Lipinski definition) is 2. The molecule has 106 valence electrons. The van der Waals surface area contributed by atoms with Gasteiger partial charge in [-0.3, -0.25) is 0 Å². The molecule has 0 aliphatic carbocycles. The molecule has 2 heterocycles. The number of anilines is 2. The Balaban J connectivity index is 2.16. The Morgan fingerprint density at radius 3 is 2.80 bits per heavy atom. The highest BCUT2D eigenvalue weighted by Crippen LogP contribution is 2.26. The number of nitrogens with zero attached hydrogens (tertiary/aromatic N) is 3. The van der Waals surface area contributed by atoms with Gasteiger partial charge in [-0.2, -0.15) is 0 Å². The summed E-state index contributed by atoms with van der Waals surface area (Å²) in [6, 6.07) is 3.81. The van der Waals surface area contributed by atoms with Crippen molar-refractivity contribution in [3.63, 3.8) is 0 Å². The number of ether oxygens (including phenoxy) is 1. The third kappa shape index (κ3) is 3.14. The van der Waals surface area contributed by atoms with Crippen LogP contribution in [0, 0.1) is 0 Å². The van der Waals surface area contributed by atoms with Crippen molar-refractivity contribution in [2.75, 3.05) is 18.2 Å². The molecule has 0 unspecified atom stereocenters. The van der Waals surface area contributed by atoms with E-state index in [2.05, 4.69) is 34.1 Å². The van der Waals surface area contributed by atoms with Gasteiger partial charge in [0.1, 0.15) is 18.0 Å². The number of hydrogen-bond acceptors (Lipinski definition) is 6. The van der Waals surface area contributed by atoms with E-state index < -0.39 is 0 Å². The minimum Gasteiger partial charge on any atom is -0.481 e. The third-order valence-corrected chi connectivity index (χ3v) is 2.96. The van der Waals surface area contributed by atoms with E-state index in [0.29, 0.717) is 18.2 Å². The van der Waals surface area contributed by atoms with Crippen molar-refractivity contribution in [3.05, 3.63) is 35.8 Å². The van der Waals surface area contributed by atoms with Crippen molar-refractivity contribution in [2.24, 2.45) is 0 Å². The third-order valence-electron chi connectivity index (χ3n) is 2.96. The maximum absolute atomic E-state index is 5.92. The van der Waals surface area contributed by atoms with Crippen LogP contribution < -0.4 is 15.8 Å². The molecule has 3 N–H and O–H groups in total. The molecule has 6 nitrogen and oxygen atoms in total. The lowest BCUT2D eigenvalue weighted by atomic mass is 10.0. The second kappa shape index (κ2) is 6.18. The summed E-state index contributed by atoms with van der Waals surface area (Å²) < 4.78 is 5.10. The molecule has 0 atom stereocenters. The molecule has 2 aromatic rings. The van der Waals surface area contributed by atoms with Gasteiger partial charge in [0.05, 0.1) is 7.11 Å². The molecule has 2 rings (SSSR count). The maximum atomic E-state index is 5.92. The van der Waals surface area contributed by atoms with Gasteiger partial charge in [-0.05, 0) is 17.5 Å². The number of methoxy groups -OCH3 is 1. The highest BCUT2D eigenvalue weighted by atomic mass is 16.5. The predicted octanol–water partition coefficient (Wildman–Crippen LogP) is 2.20. The Kier molecular flexibility index (Phi) is 4.34. The van der Waals surface area contributed by atoms with Gasteiger partial charge in [-0.15, -0.1) is 0 Å². The van der Waals surface area contributed by atoms with Crippen LogP contribution in [-0.2, 0) is 6.54 Å². The van der Waals surface area contributed by atoms with Crippen LogP contribution in [0.4, 0.5) is 11.6 Å². The van der Waals surface area contributed by atoms with Crippen LogP contribution in [0.1, 0.15) is 30.9 Å². The average Bonchev–Trinajstić information content (AvgIpc) is 2.45. The maximum Gasteiger partial charge on any atom is 0.213 e. The van der Waals surface area contributed by atoms with E-state index in [9.17, 15) is 0 Å². The van der Waals surface area contributed by atoms with Crippen LogP contribution in [-0.4, -0.2) is 22.1 Å². The molecule has 2 aromatic heterocycles. The topological polar surface area (TPSA) is 86.0 Å². The fraction of sp³-hybridized carbons (Fsp3) is 0.357. The molecule has 20 heavy (non-hydrogen) atoms. The van der Waals surface area contributed by atoms with Crippen LogP contribution in [0.3, 0.4) is 0 Å². The van der Waals surface area contributed by atoms with Crippen molar-refractivity contribution in [1.82, 2.24) is 15.0 Å². The van der Waals surface area contributed by atoms with Crippen molar-refractivity contribution in [2.45, 2.75) is 26.3 Å². The number of nitrogens with one attached hydrogen (secondary N) is 1. The first-order valence-electron chi connectivity index (χ1n) is 6.45. The highest BCUT2D eigenvalue weighted by Gasteiger charge is 2.12. The van der Waals surface area contributed by atoms with Crippen molar-refractivity contribution < 1.29 is 4.74 Å². The molecular formula is C14H19N5O. The molecule has 0 aliphatic rings. The minimum atomic E-state index is 0.255. The molecule has 0 bridgehead atoms. The van der Waals surface area contributed by atoms with Gasteiger partial charge in [-0.25, -0.2) is 15.0 Å². The largest absolute Gasteiger partial charge is 0.481 e. The first kappa shape index (κ1) is 14.0. The Morgan fingerprint density at radius 1 is 1.30 bits per heavy atom. The van der Waals surface area contributed by atoms with Crippen molar-refractivity contribution >= 4 is 11.6 Å². The first-order chi connectivity index (χ1) is 9.61. The van der Waals surface area contributed by atoms with Gasteiger partial charge in [0.25, 0.3) is 0 Å². The zero-order valence-corrected chi connectivity index (χ0v) is 11.9. The van der Waals surface area contributed by atoms with E-state index in [1.54, 1.807) is 13.3 Å². The van der Waals surface area contributed by atoms with Gasteiger partial charge in [0, 0.05) is 24.4 Å². The van der Waals surface area contributed by atoms with Crippen LogP contribution in [0.5, 0.6) is 5.88 Å². The zero-order chi connectivity index (χ0) is 14.5. The summed E-state index contributed by atoms with van der Waals surface area (Å²) in [5, 5.41) is 3.29. The number of nitrogen functional groups attached to an aromatic ring is 1. The van der Waals surface area contributed by atoms with Gasteiger partial charge in [0.2, 0.25) is 5.88 Å². The fourth-order valence-electron chi connectivity index (χ4n) is 1.98. The van der Waals surface area contributed by atoms with Crippen LogP contribution in [0.25, 0.3) is 0 Å². The number of aromatic nitrogens is 3. The molecule has 0 fully saturated rings. The summed E-state index contributed by atoms with van der Waals surface area (Å²) in [4.78, 5) is 12.4. The predicted molar refractivity (Wildman–Crippen MR) is 78.6 cm³/mol. The summed E-state index contributed by atoms with van der Waals surface area (Å²) in [6.45, 7) is 4.75. The van der Waals surface area contributed by atoms with Crippen molar-refractivity contribution in [3.8, 4) is 5.88 Å². The monoisotopic (exact) mass is 273 g/mol. The molecule has 0 spiro atoms. The normalized spacial score (nSPS) is 10.6. The van der Waals surface area contributed by atoms with E-state index in [1.165, 1.54) is 6.33 Å². The second-order valence-corrected chi connectivity index (χ2v) is 4.74. The van der Waals surface area contributed by atoms with E-state index in [-0.39, 0.29) is 5.92 Å². The molecule has 0 aromatic carbocycles. The van der Waals surface area contributed by atoms with Crippen molar-refractivity contribution in [1.29, 1.82) is 0 Å². The Labute approximate surface area is 118 Å². The summed E-state index contributed by atoms with van der Waals surface area (Å²) in [7, 11) is 1.60. The molecule has 0 amide bonds. The fourth-order valence-corrected chi connectivity index (χ4v) is 1.98. The Hall–Kier alpha value is -2.37. The van der Waals surface area contributed by atoms with E-state index in [1.807, 2.05) is 12.1 Å². The molecule has 0 aliphatic heterocycles. The summed E-state index contributed by atoms with van der Waals surface area (Å²) >= 11 is 0. The second-order valence-electron chi connectivity index (χ2n) is 4.74. The van der Waals surface area contributed by atoms with Gasteiger partial charge in [0.15, 0.2) is 0 Å². The number of nitrogens with two attached hydrogens (primary N) is 1.